The quantitative estimate of drug-likeness (QED) is 0.202. The largest absolute Gasteiger partial charge is 0.469 e. The summed E-state index contributed by atoms with van der Waals surface area (Å²) >= 11 is 0. The molecule has 0 aliphatic carbocycles. The Kier molecular flexibility index (Phi) is 6.93. The van der Waals surface area contributed by atoms with Gasteiger partial charge in [0.05, 0.1) is 13.1 Å². The highest BCUT2D eigenvalue weighted by Crippen LogP contribution is 2.35. The first-order valence-corrected chi connectivity index (χ1v) is 15.2. The Morgan fingerprint density at radius 2 is 0.682 bits per heavy atom. The van der Waals surface area contributed by atoms with Crippen LogP contribution >= 0.6 is 0 Å². The Hall–Kier alpha value is -4.96. The molecule has 0 amide bonds. The maximum atomic E-state index is 6.07. The van der Waals surface area contributed by atoms with Gasteiger partial charge in [-0.15, -0.1) is 0 Å². The third-order valence-electron chi connectivity index (χ3n) is 8.14. The third kappa shape index (κ3) is 5.80. The Balaban J connectivity index is 1.25. The van der Waals surface area contributed by atoms with Crippen LogP contribution in [-0.4, -0.2) is 36.1 Å². The normalized spacial score (nSPS) is 16.5. The van der Waals surface area contributed by atoms with Crippen molar-refractivity contribution < 1.29 is 9.47 Å². The van der Waals surface area contributed by atoms with E-state index in [1.54, 1.807) is 0 Å². The van der Waals surface area contributed by atoms with E-state index >= 15 is 0 Å². The SMILES string of the molecule is CC1(C)CN=C(c2ccc(-c3cc(-c4ccc(C5=NCC(C)(C)O5)cc4)cc(-c4ccc(-c5ccccc5)cc4)c3)cc2)O1. The minimum Gasteiger partial charge on any atom is -0.469 e. The summed E-state index contributed by atoms with van der Waals surface area (Å²) in [7, 11) is 0. The molecular weight excluding hydrogens is 540 g/mol. The first-order chi connectivity index (χ1) is 21.2. The molecule has 2 heterocycles. The monoisotopic (exact) mass is 576 g/mol. The van der Waals surface area contributed by atoms with Crippen LogP contribution < -0.4 is 0 Å². The second-order valence-corrected chi connectivity index (χ2v) is 12.9. The molecule has 4 nitrogen and oxygen atoms in total. The van der Waals surface area contributed by atoms with Crippen LogP contribution in [0.1, 0.15) is 38.8 Å². The molecule has 0 saturated carbocycles. The zero-order chi connectivity index (χ0) is 30.3. The summed E-state index contributed by atoms with van der Waals surface area (Å²) in [4.78, 5) is 9.24. The van der Waals surface area contributed by atoms with E-state index in [0.29, 0.717) is 24.9 Å². The number of ether oxygens (including phenoxy) is 2. The number of benzene rings is 5. The molecule has 0 unspecified atom stereocenters. The molecule has 2 aliphatic heterocycles. The summed E-state index contributed by atoms with van der Waals surface area (Å²) < 4.78 is 12.1. The highest BCUT2D eigenvalue weighted by molar-refractivity contribution is 5.97. The molecule has 5 aromatic carbocycles. The molecule has 44 heavy (non-hydrogen) atoms. The van der Waals surface area contributed by atoms with Gasteiger partial charge in [-0.05, 0) is 115 Å². The van der Waals surface area contributed by atoms with Gasteiger partial charge >= 0.3 is 0 Å². The second kappa shape index (κ2) is 10.9. The van der Waals surface area contributed by atoms with Crippen LogP contribution in [0.15, 0.2) is 131 Å². The predicted molar refractivity (Wildman–Crippen MR) is 181 cm³/mol. The van der Waals surface area contributed by atoms with Crippen molar-refractivity contribution in [1.29, 1.82) is 0 Å². The minimum absolute atomic E-state index is 0.254. The molecule has 218 valence electrons. The summed E-state index contributed by atoms with van der Waals surface area (Å²) in [5.74, 6) is 1.43. The molecule has 0 bridgehead atoms. The van der Waals surface area contributed by atoms with Gasteiger partial charge in [-0.3, -0.25) is 0 Å². The van der Waals surface area contributed by atoms with Crippen molar-refractivity contribution in [3.63, 3.8) is 0 Å². The highest BCUT2D eigenvalue weighted by atomic mass is 16.5. The van der Waals surface area contributed by atoms with E-state index in [-0.39, 0.29) is 11.2 Å². The van der Waals surface area contributed by atoms with Gasteiger partial charge in [0.1, 0.15) is 11.2 Å². The lowest BCUT2D eigenvalue weighted by atomic mass is 9.92. The van der Waals surface area contributed by atoms with Crippen molar-refractivity contribution in [2.45, 2.75) is 38.9 Å². The van der Waals surface area contributed by atoms with Gasteiger partial charge in [-0.1, -0.05) is 78.9 Å². The van der Waals surface area contributed by atoms with Crippen molar-refractivity contribution in [1.82, 2.24) is 0 Å². The highest BCUT2D eigenvalue weighted by Gasteiger charge is 2.29. The number of hydrogen-bond donors (Lipinski definition) is 0. The van der Waals surface area contributed by atoms with Gasteiger partial charge in [-0.2, -0.15) is 0 Å². The Bertz CT molecular complexity index is 1770. The maximum Gasteiger partial charge on any atom is 0.216 e. The van der Waals surface area contributed by atoms with Crippen LogP contribution in [0.2, 0.25) is 0 Å². The zero-order valence-corrected chi connectivity index (χ0v) is 25.7. The zero-order valence-electron chi connectivity index (χ0n) is 25.7. The lowest BCUT2D eigenvalue weighted by Crippen LogP contribution is -2.24. The number of rotatable bonds is 6. The average Bonchev–Trinajstić information content (AvgIpc) is 3.62. The minimum atomic E-state index is -0.254. The lowest BCUT2D eigenvalue weighted by molar-refractivity contribution is 0.131. The van der Waals surface area contributed by atoms with Gasteiger partial charge in [-0.25, -0.2) is 9.98 Å². The molecule has 0 fully saturated rings. The van der Waals surface area contributed by atoms with E-state index in [0.717, 1.165) is 33.4 Å². The smallest absolute Gasteiger partial charge is 0.216 e. The predicted octanol–water partition coefficient (Wildman–Crippen LogP) is 9.47. The second-order valence-electron chi connectivity index (χ2n) is 12.9. The van der Waals surface area contributed by atoms with E-state index in [1.165, 1.54) is 22.3 Å². The first-order valence-electron chi connectivity index (χ1n) is 15.2. The molecule has 0 saturated heterocycles. The molecule has 7 rings (SSSR count). The summed E-state index contributed by atoms with van der Waals surface area (Å²) in [6, 6.07) is 43.2. The molecule has 0 N–H and O–H groups in total. The van der Waals surface area contributed by atoms with E-state index < -0.39 is 0 Å². The Morgan fingerprint density at radius 3 is 1.00 bits per heavy atom. The van der Waals surface area contributed by atoms with Crippen LogP contribution in [0.4, 0.5) is 0 Å². The summed E-state index contributed by atoms with van der Waals surface area (Å²) in [5, 5.41) is 0. The summed E-state index contributed by atoms with van der Waals surface area (Å²) in [6.45, 7) is 9.62. The Labute approximate surface area is 259 Å². The fourth-order valence-corrected chi connectivity index (χ4v) is 5.70. The standard InChI is InChI=1S/C40H36N2O2/c1-39(2)25-41-37(43-39)32-18-14-30(15-19-32)35-22-34(29-12-10-28(11-13-29)27-8-6-5-7-9-27)23-36(24-35)31-16-20-33(21-17-31)38-42-26-40(3,4)44-38/h5-24H,25-26H2,1-4H3. The molecule has 4 heteroatoms. The van der Waals surface area contributed by atoms with Crippen molar-refractivity contribution in [2.24, 2.45) is 9.98 Å². The van der Waals surface area contributed by atoms with Crippen molar-refractivity contribution in [3.05, 3.63) is 132 Å². The van der Waals surface area contributed by atoms with E-state index in [4.69, 9.17) is 9.47 Å². The maximum absolute atomic E-state index is 6.07. The fourth-order valence-electron chi connectivity index (χ4n) is 5.70. The van der Waals surface area contributed by atoms with Gasteiger partial charge in [0, 0.05) is 11.1 Å². The fraction of sp³-hybridized carbons (Fsp3) is 0.200. The number of nitrogens with zero attached hydrogens (tertiary/aromatic N) is 2. The van der Waals surface area contributed by atoms with E-state index in [2.05, 4.69) is 153 Å². The van der Waals surface area contributed by atoms with Gasteiger partial charge in [0.2, 0.25) is 11.8 Å². The van der Waals surface area contributed by atoms with Crippen molar-refractivity contribution in [2.75, 3.05) is 13.1 Å². The molecule has 0 radical (unpaired) electrons. The number of aliphatic imine (C=N–C) groups is 2. The molecule has 5 aromatic rings. The lowest BCUT2D eigenvalue weighted by Gasteiger charge is -2.17. The Morgan fingerprint density at radius 1 is 0.386 bits per heavy atom. The summed E-state index contributed by atoms with van der Waals surface area (Å²) in [6.07, 6.45) is 0. The van der Waals surface area contributed by atoms with Crippen LogP contribution in [0.3, 0.4) is 0 Å². The summed E-state index contributed by atoms with van der Waals surface area (Å²) in [5.41, 5.74) is 10.8. The van der Waals surface area contributed by atoms with Crippen molar-refractivity contribution in [3.8, 4) is 44.5 Å². The molecule has 0 atom stereocenters. The van der Waals surface area contributed by atoms with Gasteiger partial charge in [0.15, 0.2) is 0 Å². The average molecular weight is 577 g/mol. The molecule has 2 aliphatic rings. The van der Waals surface area contributed by atoms with Gasteiger partial charge in [0.25, 0.3) is 0 Å². The third-order valence-corrected chi connectivity index (χ3v) is 8.14. The molecule has 0 aromatic heterocycles. The topological polar surface area (TPSA) is 43.2 Å². The molecular formula is C40H36N2O2. The number of hydrogen-bond acceptors (Lipinski definition) is 4. The molecule has 0 spiro atoms. The van der Waals surface area contributed by atoms with Crippen LogP contribution in [0, 0.1) is 0 Å². The van der Waals surface area contributed by atoms with E-state index in [9.17, 15) is 0 Å². The van der Waals surface area contributed by atoms with Crippen molar-refractivity contribution >= 4 is 11.8 Å². The van der Waals surface area contributed by atoms with Crippen LogP contribution in [-0.2, 0) is 9.47 Å². The van der Waals surface area contributed by atoms with Crippen LogP contribution in [0.5, 0.6) is 0 Å². The van der Waals surface area contributed by atoms with Gasteiger partial charge < -0.3 is 9.47 Å². The van der Waals surface area contributed by atoms with Crippen LogP contribution in [0.25, 0.3) is 44.5 Å². The van der Waals surface area contributed by atoms with E-state index in [1.807, 2.05) is 6.07 Å². The first kappa shape index (κ1) is 27.8.